The summed E-state index contributed by atoms with van der Waals surface area (Å²) in [5.41, 5.74) is 0.0253. The predicted molar refractivity (Wildman–Crippen MR) is 78.0 cm³/mol. The molecule has 0 saturated carbocycles. The van der Waals surface area contributed by atoms with Gasteiger partial charge in [0.2, 0.25) is 0 Å². The van der Waals surface area contributed by atoms with Crippen LogP contribution in [0, 0.1) is 17.6 Å². The van der Waals surface area contributed by atoms with Crippen molar-refractivity contribution in [2.45, 2.75) is 39.2 Å². The minimum Gasteiger partial charge on any atom is -0.335 e. The molecule has 0 aromatic heterocycles. The number of carbonyl (C=O) groups excluding carboxylic acids is 1. The van der Waals surface area contributed by atoms with Crippen LogP contribution >= 0.6 is 0 Å². The van der Waals surface area contributed by atoms with Gasteiger partial charge in [0.25, 0.3) is 0 Å². The number of hydrogen-bond donors (Lipinski definition) is 1. The van der Waals surface area contributed by atoms with Gasteiger partial charge in [-0.1, -0.05) is 13.0 Å². The number of benzene rings is 1. The van der Waals surface area contributed by atoms with Crippen molar-refractivity contribution in [1.82, 2.24) is 10.2 Å². The first-order valence-corrected chi connectivity index (χ1v) is 7.45. The Morgan fingerprint density at radius 1 is 1.43 bits per heavy atom. The molecule has 116 valence electrons. The number of amides is 2. The van der Waals surface area contributed by atoms with Crippen LogP contribution in [-0.4, -0.2) is 30.1 Å². The van der Waals surface area contributed by atoms with Crippen LogP contribution in [0.15, 0.2) is 18.2 Å². The molecule has 2 atom stereocenters. The number of nitrogens with one attached hydrogen (secondary N) is 1. The summed E-state index contributed by atoms with van der Waals surface area (Å²) in [6.07, 6.45) is 2.29. The van der Waals surface area contributed by atoms with Crippen molar-refractivity contribution in [2.75, 3.05) is 13.1 Å². The van der Waals surface area contributed by atoms with Crippen molar-refractivity contribution in [3.63, 3.8) is 0 Å². The van der Waals surface area contributed by atoms with Crippen LogP contribution in [0.1, 0.15) is 32.3 Å². The minimum absolute atomic E-state index is 0.0253. The highest BCUT2D eigenvalue weighted by Crippen LogP contribution is 2.17. The largest absolute Gasteiger partial charge is 0.335 e. The van der Waals surface area contributed by atoms with E-state index in [1.165, 1.54) is 18.2 Å². The molecule has 0 radical (unpaired) electrons. The van der Waals surface area contributed by atoms with Gasteiger partial charge in [0.15, 0.2) is 0 Å². The van der Waals surface area contributed by atoms with Crippen LogP contribution in [-0.2, 0) is 6.42 Å². The third-order valence-electron chi connectivity index (χ3n) is 3.89. The minimum atomic E-state index is -0.567. The molecular formula is C16H22F2N2O. The molecule has 2 amide bonds. The summed E-state index contributed by atoms with van der Waals surface area (Å²) in [7, 11) is 0. The molecule has 0 spiro atoms. The average molecular weight is 296 g/mol. The van der Waals surface area contributed by atoms with E-state index in [9.17, 15) is 13.6 Å². The lowest BCUT2D eigenvalue weighted by atomic mass is 10.0. The molecular weight excluding hydrogens is 274 g/mol. The fourth-order valence-corrected chi connectivity index (χ4v) is 2.76. The first-order valence-electron chi connectivity index (χ1n) is 7.45. The summed E-state index contributed by atoms with van der Waals surface area (Å²) in [6.45, 7) is 5.37. The number of nitrogens with zero attached hydrogens (tertiary/aromatic N) is 1. The molecule has 1 aromatic rings. The first-order chi connectivity index (χ1) is 9.97. The molecule has 1 aliphatic heterocycles. The van der Waals surface area contributed by atoms with Gasteiger partial charge in [-0.25, -0.2) is 13.6 Å². The maximum absolute atomic E-state index is 13.6. The number of likely N-dealkylation sites (tertiary alicyclic amines) is 1. The summed E-state index contributed by atoms with van der Waals surface area (Å²) in [4.78, 5) is 13.9. The van der Waals surface area contributed by atoms with Crippen molar-refractivity contribution < 1.29 is 13.6 Å². The van der Waals surface area contributed by atoms with E-state index in [2.05, 4.69) is 12.2 Å². The zero-order valence-electron chi connectivity index (χ0n) is 12.5. The zero-order chi connectivity index (χ0) is 15.4. The number of halogens is 2. The number of urea groups is 1. The number of rotatable bonds is 3. The summed E-state index contributed by atoms with van der Waals surface area (Å²) in [5, 5.41) is 2.83. The molecule has 21 heavy (non-hydrogen) atoms. The molecule has 1 fully saturated rings. The second-order valence-corrected chi connectivity index (χ2v) is 5.95. The molecule has 1 heterocycles. The Bertz CT molecular complexity index is 487. The van der Waals surface area contributed by atoms with Gasteiger partial charge in [0.05, 0.1) is 0 Å². The Labute approximate surface area is 124 Å². The standard InChI is InChI=1S/C16H22F2N2O/c1-11-5-4-8-20(10-11)16(21)19-12(2)9-13-14(17)6-3-7-15(13)18/h3,6-7,11-12H,4-5,8-10H2,1-2H3,(H,19,21). The highest BCUT2D eigenvalue weighted by atomic mass is 19.1. The lowest BCUT2D eigenvalue weighted by Gasteiger charge is -2.32. The summed E-state index contributed by atoms with van der Waals surface area (Å²) < 4.78 is 27.2. The van der Waals surface area contributed by atoms with Crippen molar-refractivity contribution in [2.24, 2.45) is 5.92 Å². The van der Waals surface area contributed by atoms with Crippen molar-refractivity contribution in [3.05, 3.63) is 35.4 Å². The molecule has 2 unspecified atom stereocenters. The van der Waals surface area contributed by atoms with Crippen molar-refractivity contribution >= 4 is 6.03 Å². The van der Waals surface area contributed by atoms with Crippen LogP contribution < -0.4 is 5.32 Å². The number of hydrogen-bond acceptors (Lipinski definition) is 1. The molecule has 2 rings (SSSR count). The molecule has 5 heteroatoms. The second kappa shape index (κ2) is 6.87. The molecule has 1 aromatic carbocycles. The van der Waals surface area contributed by atoms with Crippen molar-refractivity contribution in [1.29, 1.82) is 0 Å². The van der Waals surface area contributed by atoms with Gasteiger partial charge in [0, 0.05) is 24.7 Å². The summed E-state index contributed by atoms with van der Waals surface area (Å²) >= 11 is 0. The Kier molecular flexibility index (Phi) is 5.15. The highest BCUT2D eigenvalue weighted by Gasteiger charge is 2.22. The third-order valence-corrected chi connectivity index (χ3v) is 3.89. The van der Waals surface area contributed by atoms with Gasteiger partial charge >= 0.3 is 6.03 Å². The van der Waals surface area contributed by atoms with E-state index in [-0.39, 0.29) is 24.1 Å². The highest BCUT2D eigenvalue weighted by molar-refractivity contribution is 5.74. The second-order valence-electron chi connectivity index (χ2n) is 5.95. The smallest absolute Gasteiger partial charge is 0.317 e. The fraction of sp³-hybridized carbons (Fsp3) is 0.562. The van der Waals surface area contributed by atoms with E-state index >= 15 is 0 Å². The van der Waals surface area contributed by atoms with E-state index < -0.39 is 11.6 Å². The van der Waals surface area contributed by atoms with E-state index in [0.717, 1.165) is 25.9 Å². The van der Waals surface area contributed by atoms with Crippen LogP contribution in [0.25, 0.3) is 0 Å². The van der Waals surface area contributed by atoms with E-state index in [4.69, 9.17) is 0 Å². The summed E-state index contributed by atoms with van der Waals surface area (Å²) in [5.74, 6) is -0.630. The predicted octanol–water partition coefficient (Wildman–Crippen LogP) is 3.34. The quantitative estimate of drug-likeness (QED) is 0.911. The van der Waals surface area contributed by atoms with Gasteiger partial charge in [-0.05, 0) is 44.2 Å². The Balaban J connectivity index is 1.92. The van der Waals surface area contributed by atoms with Gasteiger partial charge < -0.3 is 10.2 Å². The molecule has 0 bridgehead atoms. The first kappa shape index (κ1) is 15.7. The maximum Gasteiger partial charge on any atom is 0.317 e. The average Bonchev–Trinajstić information content (AvgIpc) is 2.43. The molecule has 1 aliphatic rings. The zero-order valence-corrected chi connectivity index (χ0v) is 12.5. The number of carbonyl (C=O) groups is 1. The molecule has 1 saturated heterocycles. The van der Waals surface area contributed by atoms with E-state index in [1.54, 1.807) is 11.8 Å². The normalized spacial score (nSPS) is 20.2. The van der Waals surface area contributed by atoms with E-state index in [1.807, 2.05) is 0 Å². The van der Waals surface area contributed by atoms with Crippen LogP contribution in [0.3, 0.4) is 0 Å². The lowest BCUT2D eigenvalue weighted by Crippen LogP contribution is -2.48. The Morgan fingerprint density at radius 3 is 2.71 bits per heavy atom. The monoisotopic (exact) mass is 296 g/mol. The van der Waals surface area contributed by atoms with Gasteiger partial charge in [-0.15, -0.1) is 0 Å². The van der Waals surface area contributed by atoms with Crippen LogP contribution in [0.5, 0.6) is 0 Å². The van der Waals surface area contributed by atoms with Gasteiger partial charge in [-0.3, -0.25) is 0 Å². The summed E-state index contributed by atoms with van der Waals surface area (Å²) in [6, 6.07) is 3.34. The lowest BCUT2D eigenvalue weighted by molar-refractivity contribution is 0.167. The molecule has 3 nitrogen and oxygen atoms in total. The number of piperidine rings is 1. The van der Waals surface area contributed by atoms with Crippen LogP contribution in [0.4, 0.5) is 13.6 Å². The SMILES string of the molecule is CC1CCCN(C(=O)NC(C)Cc2c(F)cccc2F)C1. The molecule has 1 N–H and O–H groups in total. The van der Waals surface area contributed by atoms with E-state index in [0.29, 0.717) is 5.92 Å². The molecule has 0 aliphatic carbocycles. The Morgan fingerprint density at radius 2 is 2.10 bits per heavy atom. The van der Waals surface area contributed by atoms with Gasteiger partial charge in [0.1, 0.15) is 11.6 Å². The Hall–Kier alpha value is -1.65. The third kappa shape index (κ3) is 4.16. The maximum atomic E-state index is 13.6. The van der Waals surface area contributed by atoms with Crippen molar-refractivity contribution in [3.8, 4) is 0 Å². The van der Waals surface area contributed by atoms with Crippen LogP contribution in [0.2, 0.25) is 0 Å². The van der Waals surface area contributed by atoms with Gasteiger partial charge in [-0.2, -0.15) is 0 Å². The fourth-order valence-electron chi connectivity index (χ4n) is 2.76. The topological polar surface area (TPSA) is 32.3 Å².